The fraction of sp³-hybridized carbons (Fsp3) is 0.531. The van der Waals surface area contributed by atoms with E-state index in [1.165, 1.54) is 31.2 Å². The van der Waals surface area contributed by atoms with Gasteiger partial charge in [0, 0.05) is 37.4 Å². The van der Waals surface area contributed by atoms with Crippen molar-refractivity contribution < 1.29 is 19.1 Å². The molecule has 8 heteroatoms. The molecule has 0 bridgehead atoms. The monoisotopic (exact) mass is 546 g/mol. The van der Waals surface area contributed by atoms with E-state index in [2.05, 4.69) is 24.0 Å². The van der Waals surface area contributed by atoms with Gasteiger partial charge in [-0.05, 0) is 55.5 Å². The second-order valence-electron chi connectivity index (χ2n) is 11.2. The van der Waals surface area contributed by atoms with Crippen LogP contribution in [-0.2, 0) is 20.7 Å². The van der Waals surface area contributed by atoms with E-state index >= 15 is 0 Å². The van der Waals surface area contributed by atoms with E-state index < -0.39 is 5.54 Å². The average molecular weight is 547 g/mol. The van der Waals surface area contributed by atoms with E-state index in [9.17, 15) is 14.4 Å². The maximum atomic E-state index is 14.0. The molecule has 3 saturated heterocycles. The minimum atomic E-state index is -0.758. The maximum Gasteiger partial charge on any atom is 0.253 e. The number of hydrogen-bond acceptors (Lipinski definition) is 5. The van der Waals surface area contributed by atoms with Crippen LogP contribution in [0, 0.1) is 0 Å². The first-order valence-corrected chi connectivity index (χ1v) is 14.9. The second kappa shape index (κ2) is 12.9. The average Bonchev–Trinajstić information content (AvgIpc) is 3.26. The summed E-state index contributed by atoms with van der Waals surface area (Å²) in [6.07, 6.45) is 7.01. The first kappa shape index (κ1) is 28.1. The molecule has 3 aliphatic heterocycles. The summed E-state index contributed by atoms with van der Waals surface area (Å²) in [5.74, 6) is -0.0379. The Balaban J connectivity index is 1.26. The number of unbranched alkanes of at least 4 members (excludes halogenated alkanes) is 3. The predicted octanol–water partition coefficient (Wildman–Crippen LogP) is 3.95. The Morgan fingerprint density at radius 1 is 0.850 bits per heavy atom. The number of benzene rings is 2. The molecule has 0 radical (unpaired) electrons. The number of ether oxygens (including phenoxy) is 1. The lowest BCUT2D eigenvalue weighted by molar-refractivity contribution is -0.143. The van der Waals surface area contributed by atoms with Crippen LogP contribution in [0.25, 0.3) is 0 Å². The zero-order valence-electron chi connectivity index (χ0n) is 23.7. The van der Waals surface area contributed by atoms with E-state index in [0.29, 0.717) is 64.5 Å². The van der Waals surface area contributed by atoms with E-state index in [1.807, 2.05) is 47.4 Å². The lowest BCUT2D eigenvalue weighted by Crippen LogP contribution is -2.57. The van der Waals surface area contributed by atoms with Gasteiger partial charge in [-0.3, -0.25) is 14.4 Å². The number of amides is 3. The number of piperidine rings is 1. The lowest BCUT2D eigenvalue weighted by atomic mass is 9.85. The van der Waals surface area contributed by atoms with Gasteiger partial charge in [0.2, 0.25) is 5.91 Å². The van der Waals surface area contributed by atoms with Gasteiger partial charge in [-0.2, -0.15) is 0 Å². The van der Waals surface area contributed by atoms with Crippen LogP contribution in [0.15, 0.2) is 54.6 Å². The molecule has 0 atom stereocenters. The fourth-order valence-corrected chi connectivity index (χ4v) is 6.23. The van der Waals surface area contributed by atoms with Gasteiger partial charge >= 0.3 is 0 Å². The number of nitrogens with zero attached hydrogens (tertiary/aromatic N) is 4. The van der Waals surface area contributed by atoms with Crippen molar-refractivity contribution in [1.82, 2.24) is 14.7 Å². The summed E-state index contributed by atoms with van der Waals surface area (Å²) in [5.41, 5.74) is 2.17. The maximum absolute atomic E-state index is 14.0. The molecule has 0 unspecified atom stereocenters. The van der Waals surface area contributed by atoms with Crippen molar-refractivity contribution in [3.8, 4) is 0 Å². The number of carbonyl (C=O) groups excluding carboxylic acids is 3. The highest BCUT2D eigenvalue weighted by molar-refractivity contribution is 5.97. The molecule has 8 nitrogen and oxygen atoms in total. The highest BCUT2D eigenvalue weighted by Gasteiger charge is 2.54. The van der Waals surface area contributed by atoms with Crippen LogP contribution in [-0.4, -0.2) is 90.6 Å². The molecule has 3 fully saturated rings. The molecule has 2 aromatic carbocycles. The number of para-hydroxylation sites is 1. The molecular weight excluding hydrogens is 504 g/mol. The zero-order chi connectivity index (χ0) is 28.0. The zero-order valence-corrected chi connectivity index (χ0v) is 23.7. The van der Waals surface area contributed by atoms with E-state index in [0.717, 1.165) is 12.1 Å². The third-order valence-corrected chi connectivity index (χ3v) is 8.67. The highest BCUT2D eigenvalue weighted by atomic mass is 16.5. The minimum absolute atomic E-state index is 0.0162. The van der Waals surface area contributed by atoms with Crippen molar-refractivity contribution in [3.63, 3.8) is 0 Å². The Morgan fingerprint density at radius 3 is 2.23 bits per heavy atom. The van der Waals surface area contributed by atoms with Crippen LogP contribution in [0.1, 0.15) is 61.4 Å². The van der Waals surface area contributed by atoms with Crippen molar-refractivity contribution in [2.24, 2.45) is 0 Å². The molecule has 0 saturated carbocycles. The van der Waals surface area contributed by atoms with Crippen LogP contribution >= 0.6 is 0 Å². The summed E-state index contributed by atoms with van der Waals surface area (Å²) in [6, 6.07) is 18.0. The molecule has 3 amide bonds. The van der Waals surface area contributed by atoms with Crippen LogP contribution in [0.5, 0.6) is 0 Å². The van der Waals surface area contributed by atoms with Gasteiger partial charge in [0.1, 0.15) is 12.1 Å². The van der Waals surface area contributed by atoms with Gasteiger partial charge in [0.25, 0.3) is 11.8 Å². The van der Waals surface area contributed by atoms with Crippen molar-refractivity contribution in [3.05, 3.63) is 65.7 Å². The molecule has 1 spiro atoms. The van der Waals surface area contributed by atoms with Crippen molar-refractivity contribution in [2.75, 3.05) is 57.5 Å². The predicted molar refractivity (Wildman–Crippen MR) is 155 cm³/mol. The molecule has 3 aliphatic rings. The Bertz CT molecular complexity index is 1160. The number of hydrogen-bond donors (Lipinski definition) is 0. The van der Waals surface area contributed by atoms with Crippen molar-refractivity contribution in [2.45, 2.75) is 57.4 Å². The summed E-state index contributed by atoms with van der Waals surface area (Å²) in [5, 5.41) is 0. The van der Waals surface area contributed by atoms with Crippen LogP contribution in [0.4, 0.5) is 5.69 Å². The highest BCUT2D eigenvalue weighted by Crippen LogP contribution is 2.39. The van der Waals surface area contributed by atoms with Crippen LogP contribution in [0.2, 0.25) is 0 Å². The molecular formula is C32H42N4O4. The van der Waals surface area contributed by atoms with Gasteiger partial charge in [0.05, 0.1) is 19.9 Å². The van der Waals surface area contributed by atoms with E-state index in [-0.39, 0.29) is 24.3 Å². The molecule has 2 aromatic rings. The van der Waals surface area contributed by atoms with Crippen LogP contribution in [0.3, 0.4) is 0 Å². The topological polar surface area (TPSA) is 73.4 Å². The number of morpholine rings is 1. The Morgan fingerprint density at radius 2 is 1.55 bits per heavy atom. The van der Waals surface area contributed by atoms with Gasteiger partial charge in [-0.15, -0.1) is 0 Å². The largest absolute Gasteiger partial charge is 0.378 e. The Kier molecular flexibility index (Phi) is 9.04. The fourth-order valence-electron chi connectivity index (χ4n) is 6.23. The normalized spacial score (nSPS) is 19.0. The molecule has 3 heterocycles. The summed E-state index contributed by atoms with van der Waals surface area (Å²) in [4.78, 5) is 47.9. The molecule has 0 aromatic heterocycles. The summed E-state index contributed by atoms with van der Waals surface area (Å²) < 4.78 is 5.38. The Labute approximate surface area is 237 Å². The molecule has 40 heavy (non-hydrogen) atoms. The molecule has 0 aliphatic carbocycles. The second-order valence-corrected chi connectivity index (χ2v) is 11.2. The van der Waals surface area contributed by atoms with Gasteiger partial charge in [0.15, 0.2) is 0 Å². The van der Waals surface area contributed by atoms with Gasteiger partial charge in [-0.1, -0.05) is 56.5 Å². The molecule has 0 N–H and O–H groups in total. The SMILES string of the molecule is CCCCCCc1ccc(C(=O)N2CCC3(CC2)C(=O)N(CC(=O)N2CCOCC2)CN3c2ccccc2)cc1. The number of carbonyl (C=O) groups is 3. The number of anilines is 1. The first-order valence-electron chi connectivity index (χ1n) is 14.9. The smallest absolute Gasteiger partial charge is 0.253 e. The quantitative estimate of drug-likeness (QED) is 0.446. The van der Waals surface area contributed by atoms with E-state index in [1.54, 1.807) is 9.80 Å². The van der Waals surface area contributed by atoms with Crippen molar-refractivity contribution in [1.29, 1.82) is 0 Å². The first-order chi connectivity index (χ1) is 19.5. The number of likely N-dealkylation sites (tertiary alicyclic amines) is 1. The molecule has 214 valence electrons. The lowest BCUT2D eigenvalue weighted by Gasteiger charge is -2.43. The van der Waals surface area contributed by atoms with Gasteiger partial charge in [-0.25, -0.2) is 0 Å². The minimum Gasteiger partial charge on any atom is -0.378 e. The third-order valence-electron chi connectivity index (χ3n) is 8.67. The van der Waals surface area contributed by atoms with E-state index in [4.69, 9.17) is 4.74 Å². The van der Waals surface area contributed by atoms with Crippen molar-refractivity contribution >= 4 is 23.4 Å². The standard InChI is InChI=1S/C32H42N4O4/c1-2-3-4-6-9-26-12-14-27(15-13-26)30(38)34-18-16-32(17-19-34)31(39)35(24-29(37)33-20-22-40-23-21-33)25-36(32)28-10-7-5-8-11-28/h5,7-8,10-15H,2-4,6,9,16-25H2,1H3. The number of rotatable bonds is 9. The Hall–Kier alpha value is -3.39. The summed E-state index contributed by atoms with van der Waals surface area (Å²) >= 11 is 0. The third kappa shape index (κ3) is 6.02. The molecule has 5 rings (SSSR count). The van der Waals surface area contributed by atoms with Gasteiger partial charge < -0.3 is 24.3 Å². The number of aryl methyl sites for hydroxylation is 1. The summed E-state index contributed by atoms with van der Waals surface area (Å²) in [6.45, 7) is 5.83. The summed E-state index contributed by atoms with van der Waals surface area (Å²) in [7, 11) is 0. The van der Waals surface area contributed by atoms with Crippen LogP contribution < -0.4 is 4.90 Å².